The molecule has 6 rings (SSSR count). The Balaban J connectivity index is 1.34. The number of fused-ring (bicyclic) bond motifs is 3. The first-order valence-electron chi connectivity index (χ1n) is 12.3. The van der Waals surface area contributed by atoms with E-state index in [0.29, 0.717) is 12.5 Å². The Morgan fingerprint density at radius 1 is 1.19 bits per heavy atom. The second-order valence-electron chi connectivity index (χ2n) is 9.16. The van der Waals surface area contributed by atoms with Crippen LogP contribution in [0.5, 0.6) is 5.75 Å². The lowest BCUT2D eigenvalue weighted by Crippen LogP contribution is -2.35. The Morgan fingerprint density at radius 2 is 2.08 bits per heavy atom. The first kappa shape index (κ1) is 22.9. The zero-order valence-corrected chi connectivity index (χ0v) is 21.3. The fraction of sp³-hybridized carbons (Fsp3) is 0.385. The van der Waals surface area contributed by atoms with Crippen LogP contribution in [0, 0.1) is 6.92 Å². The van der Waals surface area contributed by atoms with Crippen LogP contribution in [-0.4, -0.2) is 57.6 Å². The minimum atomic E-state index is 0.252. The van der Waals surface area contributed by atoms with Gasteiger partial charge in [-0.2, -0.15) is 5.10 Å². The number of thiazole rings is 1. The average Bonchev–Trinajstić information content (AvgIpc) is 3.61. The summed E-state index contributed by atoms with van der Waals surface area (Å²) in [6.07, 6.45) is 7.10. The van der Waals surface area contributed by atoms with Crippen LogP contribution in [-0.2, 0) is 17.7 Å². The van der Waals surface area contributed by atoms with E-state index in [4.69, 9.17) is 19.6 Å². The van der Waals surface area contributed by atoms with E-state index in [2.05, 4.69) is 37.0 Å². The van der Waals surface area contributed by atoms with Gasteiger partial charge < -0.3 is 19.7 Å². The third kappa shape index (κ3) is 4.66. The highest BCUT2D eigenvalue weighted by molar-refractivity contribution is 7.16. The van der Waals surface area contributed by atoms with Gasteiger partial charge in [-0.3, -0.25) is 0 Å². The topological polar surface area (TPSA) is 90.2 Å². The molecule has 2 aliphatic rings. The Labute approximate surface area is 214 Å². The molecule has 2 aliphatic heterocycles. The molecule has 0 spiro atoms. The summed E-state index contributed by atoms with van der Waals surface area (Å²) >= 11 is 1.66. The first-order valence-corrected chi connectivity index (χ1v) is 13.1. The van der Waals surface area contributed by atoms with Gasteiger partial charge in [-0.05, 0) is 43.5 Å². The SMILES string of the molecule is COc1ccc(Cn2ncc3c2N(CC2CCCO2)CCc2sc(Nc4nccc(C)n4)nc2-3)cc1. The summed E-state index contributed by atoms with van der Waals surface area (Å²) in [7, 11) is 1.69. The molecule has 0 amide bonds. The van der Waals surface area contributed by atoms with Crippen LogP contribution >= 0.6 is 11.3 Å². The van der Waals surface area contributed by atoms with Crippen molar-refractivity contribution in [3.8, 4) is 17.0 Å². The van der Waals surface area contributed by atoms with Crippen molar-refractivity contribution in [2.75, 3.05) is 37.0 Å². The summed E-state index contributed by atoms with van der Waals surface area (Å²) in [6, 6.07) is 10.0. The fourth-order valence-corrected chi connectivity index (χ4v) is 5.80. The quantitative estimate of drug-likeness (QED) is 0.396. The molecule has 1 fully saturated rings. The van der Waals surface area contributed by atoms with E-state index in [-0.39, 0.29) is 6.10 Å². The molecule has 186 valence electrons. The van der Waals surface area contributed by atoms with Gasteiger partial charge in [0.15, 0.2) is 5.13 Å². The van der Waals surface area contributed by atoms with E-state index >= 15 is 0 Å². The Bertz CT molecular complexity index is 1340. The van der Waals surface area contributed by atoms with Crippen LogP contribution in [0.3, 0.4) is 0 Å². The van der Waals surface area contributed by atoms with Gasteiger partial charge in [-0.25, -0.2) is 19.6 Å². The van der Waals surface area contributed by atoms with Crippen molar-refractivity contribution >= 4 is 28.2 Å². The predicted molar refractivity (Wildman–Crippen MR) is 140 cm³/mol. The summed E-state index contributed by atoms with van der Waals surface area (Å²) < 4.78 is 13.4. The largest absolute Gasteiger partial charge is 0.497 e. The smallest absolute Gasteiger partial charge is 0.229 e. The van der Waals surface area contributed by atoms with Crippen LogP contribution in [0.15, 0.2) is 42.7 Å². The Kier molecular flexibility index (Phi) is 6.28. The minimum Gasteiger partial charge on any atom is -0.497 e. The Morgan fingerprint density at radius 3 is 2.86 bits per heavy atom. The molecule has 10 heteroatoms. The molecule has 1 atom stereocenters. The molecule has 36 heavy (non-hydrogen) atoms. The summed E-state index contributed by atoms with van der Waals surface area (Å²) in [6.45, 7) is 5.22. The lowest BCUT2D eigenvalue weighted by Gasteiger charge is -2.27. The van der Waals surface area contributed by atoms with Crippen molar-refractivity contribution in [2.24, 2.45) is 0 Å². The molecular weight excluding hydrogens is 474 g/mol. The fourth-order valence-electron chi connectivity index (χ4n) is 4.84. The van der Waals surface area contributed by atoms with Crippen molar-refractivity contribution in [1.82, 2.24) is 24.7 Å². The standard InChI is InChI=1S/C26H29N7O2S/c1-17-9-11-27-25(29-17)31-26-30-23-21-14-28-33(15-18-5-7-19(34-2)8-6-18)24(21)32(12-10-22(23)36-26)16-20-4-3-13-35-20/h5-9,11,14,20H,3-4,10,12-13,15-16H2,1-2H3,(H,27,29,30,31). The molecule has 1 N–H and O–H groups in total. The second-order valence-corrected chi connectivity index (χ2v) is 10.2. The molecule has 0 bridgehead atoms. The van der Waals surface area contributed by atoms with E-state index in [0.717, 1.165) is 72.6 Å². The van der Waals surface area contributed by atoms with E-state index in [1.807, 2.05) is 31.3 Å². The normalized spacial score (nSPS) is 16.9. The number of hydrogen-bond donors (Lipinski definition) is 1. The van der Waals surface area contributed by atoms with Gasteiger partial charge in [0, 0.05) is 42.9 Å². The number of aryl methyl sites for hydroxylation is 1. The molecule has 3 aromatic heterocycles. The van der Waals surface area contributed by atoms with Crippen molar-refractivity contribution in [3.05, 3.63) is 58.9 Å². The molecule has 5 heterocycles. The van der Waals surface area contributed by atoms with Gasteiger partial charge in [0.1, 0.15) is 11.6 Å². The second kappa shape index (κ2) is 9.87. The third-order valence-corrected chi connectivity index (χ3v) is 7.66. The zero-order chi connectivity index (χ0) is 24.5. The molecular formula is C26H29N7O2S. The molecule has 1 saturated heterocycles. The van der Waals surface area contributed by atoms with Gasteiger partial charge in [-0.15, -0.1) is 11.3 Å². The van der Waals surface area contributed by atoms with Crippen LogP contribution in [0.4, 0.5) is 16.9 Å². The molecule has 0 radical (unpaired) electrons. The maximum atomic E-state index is 6.00. The summed E-state index contributed by atoms with van der Waals surface area (Å²) in [5, 5.41) is 8.92. The van der Waals surface area contributed by atoms with Crippen molar-refractivity contribution in [1.29, 1.82) is 0 Å². The minimum absolute atomic E-state index is 0.252. The highest BCUT2D eigenvalue weighted by Gasteiger charge is 2.30. The summed E-state index contributed by atoms with van der Waals surface area (Å²) in [5.41, 5.74) is 4.13. The number of hydrogen-bond acceptors (Lipinski definition) is 9. The van der Waals surface area contributed by atoms with E-state index in [9.17, 15) is 0 Å². The monoisotopic (exact) mass is 503 g/mol. The number of rotatable bonds is 7. The van der Waals surface area contributed by atoms with Gasteiger partial charge in [0.2, 0.25) is 5.95 Å². The lowest BCUT2D eigenvalue weighted by molar-refractivity contribution is 0.115. The molecule has 4 aromatic rings. The summed E-state index contributed by atoms with van der Waals surface area (Å²) in [4.78, 5) is 17.5. The van der Waals surface area contributed by atoms with Crippen LogP contribution in [0.25, 0.3) is 11.3 Å². The van der Waals surface area contributed by atoms with Crippen LogP contribution in [0.1, 0.15) is 29.0 Å². The van der Waals surface area contributed by atoms with Gasteiger partial charge >= 0.3 is 0 Å². The maximum absolute atomic E-state index is 6.00. The third-order valence-electron chi connectivity index (χ3n) is 6.63. The summed E-state index contributed by atoms with van der Waals surface area (Å²) in [5.74, 6) is 2.51. The van der Waals surface area contributed by atoms with Crippen LogP contribution < -0.4 is 15.0 Å². The molecule has 0 saturated carbocycles. The first-order chi connectivity index (χ1) is 17.7. The maximum Gasteiger partial charge on any atom is 0.229 e. The molecule has 0 aliphatic carbocycles. The predicted octanol–water partition coefficient (Wildman–Crippen LogP) is 4.45. The van der Waals surface area contributed by atoms with Gasteiger partial charge in [0.25, 0.3) is 0 Å². The lowest BCUT2D eigenvalue weighted by atomic mass is 10.2. The van der Waals surface area contributed by atoms with Crippen LogP contribution in [0.2, 0.25) is 0 Å². The number of nitrogens with zero attached hydrogens (tertiary/aromatic N) is 6. The van der Waals surface area contributed by atoms with Crippen molar-refractivity contribution in [3.63, 3.8) is 0 Å². The van der Waals surface area contributed by atoms with Crippen molar-refractivity contribution < 1.29 is 9.47 Å². The Hall–Kier alpha value is -3.50. The van der Waals surface area contributed by atoms with E-state index in [1.54, 1.807) is 24.6 Å². The molecule has 9 nitrogen and oxygen atoms in total. The number of anilines is 3. The highest BCUT2D eigenvalue weighted by Crippen LogP contribution is 2.41. The number of methoxy groups -OCH3 is 1. The zero-order valence-electron chi connectivity index (χ0n) is 20.5. The molecule has 1 aromatic carbocycles. The number of ether oxygens (including phenoxy) is 2. The number of nitrogens with one attached hydrogen (secondary N) is 1. The molecule has 1 unspecified atom stereocenters. The van der Waals surface area contributed by atoms with Crippen molar-refractivity contribution in [2.45, 2.75) is 38.8 Å². The van der Waals surface area contributed by atoms with E-state index in [1.165, 1.54) is 10.4 Å². The average molecular weight is 504 g/mol. The number of aromatic nitrogens is 5. The number of benzene rings is 1. The van der Waals surface area contributed by atoms with Gasteiger partial charge in [-0.1, -0.05) is 12.1 Å². The van der Waals surface area contributed by atoms with E-state index < -0.39 is 0 Å². The van der Waals surface area contributed by atoms with Gasteiger partial charge in [0.05, 0.1) is 37.2 Å². The highest BCUT2D eigenvalue weighted by atomic mass is 32.1.